The fraction of sp³-hybridized carbons (Fsp3) is 0.600. The molecule has 0 radical (unpaired) electrons. The van der Waals surface area contributed by atoms with Gasteiger partial charge in [0.05, 0.1) is 4.90 Å². The quantitative estimate of drug-likeness (QED) is 0.650. The van der Waals surface area contributed by atoms with E-state index in [-0.39, 0.29) is 38.7 Å². The van der Waals surface area contributed by atoms with E-state index in [1.165, 1.54) is 14.8 Å². The highest BCUT2D eigenvalue weighted by Gasteiger charge is 2.32. The van der Waals surface area contributed by atoms with Crippen LogP contribution in [0.25, 0.3) is 0 Å². The van der Waals surface area contributed by atoms with Gasteiger partial charge in [-0.05, 0) is 55.4 Å². The van der Waals surface area contributed by atoms with Crippen LogP contribution in [0.1, 0.15) is 30.4 Å². The van der Waals surface area contributed by atoms with Crippen molar-refractivity contribution in [3.63, 3.8) is 0 Å². The molecule has 0 N–H and O–H groups in total. The van der Waals surface area contributed by atoms with Crippen LogP contribution in [0.15, 0.2) is 23.1 Å². The zero-order valence-electron chi connectivity index (χ0n) is 16.3. The maximum Gasteiger partial charge on any atom is 0.335 e. The number of carbonyl (C=O) groups is 2. The molecule has 8 nitrogen and oxygen atoms in total. The number of fused-ring (bicyclic) bond motifs is 1. The number of esters is 1. The number of amides is 1. The monoisotopic (exact) mass is 422 g/mol. The van der Waals surface area contributed by atoms with Gasteiger partial charge in [0.25, 0.3) is 5.91 Å². The minimum Gasteiger partial charge on any atom is -0.454 e. The topological polar surface area (TPSA) is 93.2 Å². The third-order valence-electron chi connectivity index (χ3n) is 5.83. The van der Waals surface area contributed by atoms with E-state index in [1.807, 2.05) is 6.07 Å². The molecule has 0 saturated carbocycles. The van der Waals surface area contributed by atoms with Gasteiger partial charge in [-0.2, -0.15) is 4.31 Å². The van der Waals surface area contributed by atoms with E-state index in [4.69, 9.17) is 9.47 Å². The molecule has 2 heterocycles. The van der Waals surface area contributed by atoms with Gasteiger partial charge < -0.3 is 14.4 Å². The van der Waals surface area contributed by atoms with Crippen LogP contribution in [0.2, 0.25) is 0 Å². The molecule has 0 aromatic heterocycles. The second kappa shape index (κ2) is 8.41. The molecule has 2 saturated heterocycles. The van der Waals surface area contributed by atoms with Crippen LogP contribution in [0, 0.1) is 0 Å². The standard InChI is InChI=1S/C20H26N2O6S/c23-19(14-28-20(24)18-5-2-12-27-18)21-8-10-22(11-9-21)29(25,26)17-7-6-15-3-1-4-16(15)13-17/h6-7,13,18H,1-5,8-12,14H2/t18-/m0/s1. The first-order valence-electron chi connectivity index (χ1n) is 10.1. The third-order valence-corrected chi connectivity index (χ3v) is 7.72. The summed E-state index contributed by atoms with van der Waals surface area (Å²) in [6.45, 7) is 1.21. The van der Waals surface area contributed by atoms with Gasteiger partial charge in [-0.1, -0.05) is 6.07 Å². The van der Waals surface area contributed by atoms with Gasteiger partial charge in [0.15, 0.2) is 12.7 Å². The molecule has 1 aromatic rings. The zero-order chi connectivity index (χ0) is 20.4. The fourth-order valence-corrected chi connectivity index (χ4v) is 5.59. The summed E-state index contributed by atoms with van der Waals surface area (Å²) in [5, 5.41) is 0. The van der Waals surface area contributed by atoms with Gasteiger partial charge in [-0.3, -0.25) is 4.79 Å². The maximum atomic E-state index is 13.0. The highest BCUT2D eigenvalue weighted by molar-refractivity contribution is 7.89. The lowest BCUT2D eigenvalue weighted by atomic mass is 10.1. The SMILES string of the molecule is O=C(OCC(=O)N1CCN(S(=O)(=O)c2ccc3c(c2)CCC3)CC1)[C@@H]1CCCO1. The summed E-state index contributed by atoms with van der Waals surface area (Å²) in [7, 11) is -3.58. The number of ether oxygens (including phenoxy) is 2. The Morgan fingerprint density at radius 3 is 2.55 bits per heavy atom. The lowest BCUT2D eigenvalue weighted by molar-refractivity contribution is -0.160. The molecule has 3 aliphatic rings. The van der Waals surface area contributed by atoms with Crippen LogP contribution in [0.3, 0.4) is 0 Å². The molecule has 2 fully saturated rings. The van der Waals surface area contributed by atoms with Crippen LogP contribution in [0.5, 0.6) is 0 Å². The minimum absolute atomic E-state index is 0.227. The summed E-state index contributed by atoms with van der Waals surface area (Å²) in [5.41, 5.74) is 2.35. The van der Waals surface area contributed by atoms with Crippen molar-refractivity contribution in [2.45, 2.75) is 43.1 Å². The number of carbonyl (C=O) groups excluding carboxylic acids is 2. The van der Waals surface area contributed by atoms with Gasteiger partial charge in [-0.25, -0.2) is 13.2 Å². The average molecular weight is 423 g/mol. The summed E-state index contributed by atoms with van der Waals surface area (Å²) in [6, 6.07) is 5.39. The van der Waals surface area contributed by atoms with E-state index in [0.717, 1.165) is 31.2 Å². The Labute approximate surface area is 170 Å². The van der Waals surface area contributed by atoms with Crippen LogP contribution in [-0.4, -0.2) is 75.0 Å². The van der Waals surface area contributed by atoms with Gasteiger partial charge in [0.1, 0.15) is 0 Å². The number of aryl methyl sites for hydroxylation is 2. The Kier molecular flexibility index (Phi) is 5.89. The Bertz CT molecular complexity index is 886. The molecule has 1 atom stereocenters. The first kappa shape index (κ1) is 20.3. The van der Waals surface area contributed by atoms with Crippen LogP contribution in [0.4, 0.5) is 0 Å². The number of sulfonamides is 1. The van der Waals surface area contributed by atoms with Crippen LogP contribution < -0.4 is 0 Å². The second-order valence-electron chi connectivity index (χ2n) is 7.68. The lowest BCUT2D eigenvalue weighted by Crippen LogP contribution is -2.51. The number of rotatable bonds is 5. The Morgan fingerprint density at radius 2 is 1.83 bits per heavy atom. The summed E-state index contributed by atoms with van der Waals surface area (Å²) < 4.78 is 37.7. The molecular weight excluding hydrogens is 396 g/mol. The average Bonchev–Trinajstić information content (AvgIpc) is 3.43. The highest BCUT2D eigenvalue weighted by Crippen LogP contribution is 2.26. The van der Waals surface area contributed by atoms with Crippen molar-refractivity contribution in [1.82, 2.24) is 9.21 Å². The summed E-state index contributed by atoms with van der Waals surface area (Å²) >= 11 is 0. The smallest absolute Gasteiger partial charge is 0.335 e. The third kappa shape index (κ3) is 4.31. The largest absolute Gasteiger partial charge is 0.454 e. The molecule has 1 aliphatic carbocycles. The number of nitrogens with zero attached hydrogens (tertiary/aromatic N) is 2. The predicted octanol–water partition coefficient (Wildman–Crippen LogP) is 0.730. The Balaban J connectivity index is 1.30. The maximum absolute atomic E-state index is 13.0. The Hall–Kier alpha value is -1.97. The molecule has 9 heteroatoms. The van der Waals surface area contributed by atoms with Crippen molar-refractivity contribution < 1.29 is 27.5 Å². The number of hydrogen-bond acceptors (Lipinski definition) is 6. The number of benzene rings is 1. The first-order chi connectivity index (χ1) is 13.9. The fourth-order valence-electron chi connectivity index (χ4n) is 4.12. The van der Waals surface area contributed by atoms with Crippen LogP contribution >= 0.6 is 0 Å². The molecule has 2 aliphatic heterocycles. The predicted molar refractivity (Wildman–Crippen MR) is 104 cm³/mol. The van der Waals surface area contributed by atoms with E-state index in [1.54, 1.807) is 12.1 Å². The molecule has 0 bridgehead atoms. The minimum atomic E-state index is -3.58. The number of piperazine rings is 1. The molecule has 0 spiro atoms. The molecule has 4 rings (SSSR count). The van der Waals surface area contributed by atoms with Crippen molar-refractivity contribution in [2.24, 2.45) is 0 Å². The Morgan fingerprint density at radius 1 is 1.07 bits per heavy atom. The second-order valence-corrected chi connectivity index (χ2v) is 9.62. The summed E-state index contributed by atoms with van der Waals surface area (Å²) in [4.78, 5) is 26.0. The van der Waals surface area contributed by atoms with Crippen molar-refractivity contribution >= 4 is 21.9 Å². The normalized spacial score (nSPS) is 22.5. The molecule has 0 unspecified atom stereocenters. The lowest BCUT2D eigenvalue weighted by Gasteiger charge is -2.34. The van der Waals surface area contributed by atoms with Gasteiger partial charge in [0, 0.05) is 32.8 Å². The molecule has 29 heavy (non-hydrogen) atoms. The van der Waals surface area contributed by atoms with Crippen molar-refractivity contribution in [2.75, 3.05) is 39.4 Å². The van der Waals surface area contributed by atoms with Gasteiger partial charge in [-0.15, -0.1) is 0 Å². The molecule has 1 amide bonds. The zero-order valence-corrected chi connectivity index (χ0v) is 17.2. The first-order valence-corrected chi connectivity index (χ1v) is 11.6. The summed E-state index contributed by atoms with van der Waals surface area (Å²) in [6.07, 6.45) is 3.86. The van der Waals surface area contributed by atoms with E-state index in [2.05, 4.69) is 0 Å². The van der Waals surface area contributed by atoms with E-state index >= 15 is 0 Å². The number of hydrogen-bond donors (Lipinski definition) is 0. The molecule has 158 valence electrons. The van der Waals surface area contributed by atoms with Crippen molar-refractivity contribution in [3.8, 4) is 0 Å². The van der Waals surface area contributed by atoms with E-state index in [9.17, 15) is 18.0 Å². The van der Waals surface area contributed by atoms with Gasteiger partial charge >= 0.3 is 5.97 Å². The van der Waals surface area contributed by atoms with E-state index < -0.39 is 22.1 Å². The van der Waals surface area contributed by atoms with Crippen molar-refractivity contribution in [3.05, 3.63) is 29.3 Å². The van der Waals surface area contributed by atoms with Gasteiger partial charge in [0.2, 0.25) is 10.0 Å². The van der Waals surface area contributed by atoms with Crippen LogP contribution in [-0.2, 0) is 41.9 Å². The summed E-state index contributed by atoms with van der Waals surface area (Å²) in [5.74, 6) is -0.820. The highest BCUT2D eigenvalue weighted by atomic mass is 32.2. The molecular formula is C20H26N2O6S. The van der Waals surface area contributed by atoms with E-state index in [0.29, 0.717) is 17.9 Å². The van der Waals surface area contributed by atoms with Crippen molar-refractivity contribution in [1.29, 1.82) is 0 Å². The molecule has 1 aromatic carbocycles.